The summed E-state index contributed by atoms with van der Waals surface area (Å²) in [6, 6.07) is 7.79. The van der Waals surface area contributed by atoms with Crippen molar-refractivity contribution in [1.82, 2.24) is 4.90 Å². The van der Waals surface area contributed by atoms with Crippen molar-refractivity contribution in [3.05, 3.63) is 35.2 Å². The van der Waals surface area contributed by atoms with Crippen LogP contribution in [0.15, 0.2) is 29.6 Å². The highest BCUT2D eigenvalue weighted by atomic mass is 32.1. The normalized spacial score (nSPS) is 12.6. The molecule has 3 nitrogen and oxygen atoms in total. The molecule has 0 aliphatic heterocycles. The zero-order chi connectivity index (χ0) is 12.4. The molecule has 0 bridgehead atoms. The number of likely N-dealkylation sites (N-methyl/N-ethyl adjacent to an activating group) is 1. The van der Waals surface area contributed by atoms with Crippen LogP contribution >= 0.6 is 11.3 Å². The number of nitrogens with zero attached hydrogens (tertiary/aromatic N) is 1. The first-order valence-corrected chi connectivity index (χ1v) is 6.43. The average Bonchev–Trinajstić information content (AvgIpc) is 2.71. The molecule has 0 saturated heterocycles. The van der Waals surface area contributed by atoms with Gasteiger partial charge in [-0.15, -0.1) is 11.3 Å². The van der Waals surface area contributed by atoms with E-state index in [0.29, 0.717) is 6.54 Å². The predicted octanol–water partition coefficient (Wildman–Crippen LogP) is 2.21. The van der Waals surface area contributed by atoms with Crippen molar-refractivity contribution in [3.8, 4) is 0 Å². The minimum atomic E-state index is -0.440. The van der Waals surface area contributed by atoms with E-state index in [-0.39, 0.29) is 5.91 Å². The summed E-state index contributed by atoms with van der Waals surface area (Å²) >= 11 is 1.71. The number of amides is 1. The molecule has 0 spiro atoms. The van der Waals surface area contributed by atoms with Crippen LogP contribution in [-0.2, 0) is 11.3 Å². The molecule has 0 fully saturated rings. The van der Waals surface area contributed by atoms with Gasteiger partial charge in [0.2, 0.25) is 5.91 Å². The standard InChI is InChI=1S/C13H16N2OS/c1-9(14)13(16)15(2)7-10-8-17-12-6-4-3-5-11(10)12/h3-6,8-9H,7,14H2,1-2H3/t9-/m1/s1. The van der Waals surface area contributed by atoms with Crippen LogP contribution in [0.2, 0.25) is 0 Å². The Hall–Kier alpha value is -1.39. The topological polar surface area (TPSA) is 46.3 Å². The number of carbonyl (C=O) groups excluding carboxylic acids is 1. The van der Waals surface area contributed by atoms with Gasteiger partial charge in [0.25, 0.3) is 0 Å². The van der Waals surface area contributed by atoms with Crippen LogP contribution in [0.1, 0.15) is 12.5 Å². The van der Waals surface area contributed by atoms with Gasteiger partial charge in [-0.1, -0.05) is 18.2 Å². The van der Waals surface area contributed by atoms with Gasteiger partial charge in [-0.3, -0.25) is 4.79 Å². The van der Waals surface area contributed by atoms with Gasteiger partial charge in [0.05, 0.1) is 6.04 Å². The van der Waals surface area contributed by atoms with Crippen molar-refractivity contribution in [2.24, 2.45) is 5.73 Å². The molecule has 0 aliphatic rings. The predicted molar refractivity (Wildman–Crippen MR) is 71.9 cm³/mol. The number of hydrogen-bond donors (Lipinski definition) is 1. The van der Waals surface area contributed by atoms with Gasteiger partial charge in [0.15, 0.2) is 0 Å². The van der Waals surface area contributed by atoms with Crippen molar-refractivity contribution < 1.29 is 4.79 Å². The number of hydrogen-bond acceptors (Lipinski definition) is 3. The van der Waals surface area contributed by atoms with Gasteiger partial charge in [-0.05, 0) is 29.3 Å². The molecular weight excluding hydrogens is 232 g/mol. The SMILES string of the molecule is C[C@@H](N)C(=O)N(C)Cc1csc2ccccc12. The fraction of sp³-hybridized carbons (Fsp3) is 0.308. The Bertz CT molecular complexity index is 533. The van der Waals surface area contributed by atoms with E-state index >= 15 is 0 Å². The minimum Gasteiger partial charge on any atom is -0.340 e. The molecule has 2 rings (SSSR count). The van der Waals surface area contributed by atoms with Crippen LogP contribution in [0.5, 0.6) is 0 Å². The second-order valence-electron chi connectivity index (χ2n) is 4.24. The third-order valence-corrected chi connectivity index (χ3v) is 3.75. The van der Waals surface area contributed by atoms with Crippen LogP contribution < -0.4 is 5.73 Å². The summed E-state index contributed by atoms with van der Waals surface area (Å²) in [7, 11) is 1.79. The first-order valence-electron chi connectivity index (χ1n) is 5.55. The van der Waals surface area contributed by atoms with Gasteiger partial charge in [-0.2, -0.15) is 0 Å². The van der Waals surface area contributed by atoms with Crippen LogP contribution in [0, 0.1) is 0 Å². The van der Waals surface area contributed by atoms with Crippen molar-refractivity contribution >= 4 is 27.3 Å². The van der Waals surface area contributed by atoms with E-state index in [4.69, 9.17) is 5.73 Å². The molecular formula is C13H16N2OS. The Kier molecular flexibility index (Phi) is 3.45. The molecule has 2 N–H and O–H groups in total. The number of nitrogens with two attached hydrogens (primary N) is 1. The first kappa shape index (κ1) is 12.1. The number of rotatable bonds is 3. The number of carbonyl (C=O) groups is 1. The number of benzene rings is 1. The second-order valence-corrected chi connectivity index (χ2v) is 5.15. The highest BCUT2D eigenvalue weighted by Crippen LogP contribution is 2.26. The maximum atomic E-state index is 11.7. The van der Waals surface area contributed by atoms with Gasteiger partial charge in [-0.25, -0.2) is 0 Å². The first-order chi connectivity index (χ1) is 8.09. The average molecular weight is 248 g/mol. The van der Waals surface area contributed by atoms with Gasteiger partial charge in [0.1, 0.15) is 0 Å². The van der Waals surface area contributed by atoms with Crippen molar-refractivity contribution in [2.45, 2.75) is 19.5 Å². The second kappa shape index (κ2) is 4.85. The minimum absolute atomic E-state index is 0.0275. The van der Waals surface area contributed by atoms with E-state index in [1.54, 1.807) is 30.2 Å². The largest absolute Gasteiger partial charge is 0.340 e. The fourth-order valence-corrected chi connectivity index (χ4v) is 2.79. The van der Waals surface area contributed by atoms with E-state index in [1.807, 2.05) is 12.1 Å². The maximum absolute atomic E-state index is 11.7. The maximum Gasteiger partial charge on any atom is 0.239 e. The van der Waals surface area contributed by atoms with Crippen molar-refractivity contribution in [1.29, 1.82) is 0 Å². The fourth-order valence-electron chi connectivity index (χ4n) is 1.84. The summed E-state index contributed by atoms with van der Waals surface area (Å²) in [6.07, 6.45) is 0. The third-order valence-electron chi connectivity index (χ3n) is 2.73. The summed E-state index contributed by atoms with van der Waals surface area (Å²) in [6.45, 7) is 2.33. The smallest absolute Gasteiger partial charge is 0.239 e. The number of fused-ring (bicyclic) bond motifs is 1. The van der Waals surface area contributed by atoms with E-state index in [2.05, 4.69) is 17.5 Å². The van der Waals surface area contributed by atoms with Crippen molar-refractivity contribution in [3.63, 3.8) is 0 Å². The lowest BCUT2D eigenvalue weighted by atomic mass is 10.1. The zero-order valence-electron chi connectivity index (χ0n) is 10.0. The van der Waals surface area contributed by atoms with Crippen LogP contribution in [0.25, 0.3) is 10.1 Å². The van der Waals surface area contributed by atoms with Crippen LogP contribution in [-0.4, -0.2) is 23.9 Å². The molecule has 4 heteroatoms. The summed E-state index contributed by atoms with van der Waals surface area (Å²) < 4.78 is 1.25. The highest BCUT2D eigenvalue weighted by Gasteiger charge is 2.14. The van der Waals surface area contributed by atoms with Crippen LogP contribution in [0.3, 0.4) is 0 Å². The Morgan fingerprint density at radius 1 is 1.47 bits per heavy atom. The number of thiophene rings is 1. The van der Waals surface area contributed by atoms with Crippen molar-refractivity contribution in [2.75, 3.05) is 7.05 Å². The lowest BCUT2D eigenvalue weighted by Gasteiger charge is -2.18. The van der Waals surface area contributed by atoms with E-state index in [9.17, 15) is 4.79 Å². The summed E-state index contributed by atoms with van der Waals surface area (Å²) in [5.41, 5.74) is 6.77. The van der Waals surface area contributed by atoms with E-state index in [1.165, 1.54) is 15.6 Å². The molecule has 90 valence electrons. The molecule has 1 aromatic carbocycles. The lowest BCUT2D eigenvalue weighted by molar-refractivity contribution is -0.131. The molecule has 1 heterocycles. The monoisotopic (exact) mass is 248 g/mol. The Morgan fingerprint density at radius 2 is 2.18 bits per heavy atom. The zero-order valence-corrected chi connectivity index (χ0v) is 10.8. The summed E-state index contributed by atoms with van der Waals surface area (Å²) in [5.74, 6) is -0.0275. The third kappa shape index (κ3) is 2.48. The van der Waals surface area contributed by atoms with Gasteiger partial charge in [0, 0.05) is 18.3 Å². The lowest BCUT2D eigenvalue weighted by Crippen LogP contribution is -2.39. The van der Waals surface area contributed by atoms with Gasteiger partial charge < -0.3 is 10.6 Å². The van der Waals surface area contributed by atoms with Gasteiger partial charge >= 0.3 is 0 Å². The molecule has 0 radical (unpaired) electrons. The molecule has 1 amide bonds. The molecule has 1 aromatic heterocycles. The van der Waals surface area contributed by atoms with E-state index < -0.39 is 6.04 Å². The molecule has 2 aromatic rings. The Labute approximate surface area is 105 Å². The quantitative estimate of drug-likeness (QED) is 0.905. The molecule has 0 aliphatic carbocycles. The van der Waals surface area contributed by atoms with E-state index in [0.717, 1.165) is 0 Å². The Morgan fingerprint density at radius 3 is 2.88 bits per heavy atom. The highest BCUT2D eigenvalue weighted by molar-refractivity contribution is 7.17. The Balaban J connectivity index is 2.21. The molecule has 0 saturated carbocycles. The summed E-state index contributed by atoms with van der Waals surface area (Å²) in [4.78, 5) is 13.4. The summed E-state index contributed by atoms with van der Waals surface area (Å²) in [5, 5.41) is 3.33. The molecule has 0 unspecified atom stereocenters. The van der Waals surface area contributed by atoms with Crippen LogP contribution in [0.4, 0.5) is 0 Å². The molecule has 1 atom stereocenters. The molecule has 17 heavy (non-hydrogen) atoms.